The van der Waals surface area contributed by atoms with E-state index in [-0.39, 0.29) is 11.3 Å². The molecule has 0 bridgehead atoms. The average molecular weight is 222 g/mol. The van der Waals surface area contributed by atoms with Crippen LogP contribution < -0.4 is 0 Å². The summed E-state index contributed by atoms with van der Waals surface area (Å²) >= 11 is 0. The molecule has 0 aromatic rings. The zero-order chi connectivity index (χ0) is 11.7. The van der Waals surface area contributed by atoms with Crippen LogP contribution in [0.5, 0.6) is 0 Å². The summed E-state index contributed by atoms with van der Waals surface area (Å²) in [6, 6.07) is 0. The van der Waals surface area contributed by atoms with Gasteiger partial charge < -0.3 is 0 Å². The first-order chi connectivity index (χ1) is 6.87. The van der Waals surface area contributed by atoms with E-state index in [4.69, 9.17) is 0 Å². The van der Waals surface area contributed by atoms with Gasteiger partial charge in [-0.1, -0.05) is 33.6 Å². The number of halogens is 3. The number of hydrogen-bond acceptors (Lipinski definition) is 0. The van der Waals surface area contributed by atoms with Crippen molar-refractivity contribution in [3.8, 4) is 0 Å². The SMILES string of the molecule is CCCC1(CCC)CC1C(C)C(F)(F)F. The molecule has 0 amide bonds. The third-order valence-electron chi connectivity index (χ3n) is 3.87. The van der Waals surface area contributed by atoms with E-state index in [0.717, 1.165) is 32.1 Å². The van der Waals surface area contributed by atoms with E-state index in [2.05, 4.69) is 13.8 Å². The fraction of sp³-hybridized carbons (Fsp3) is 1.00. The second-order valence-electron chi connectivity index (χ2n) is 5.00. The lowest BCUT2D eigenvalue weighted by molar-refractivity contribution is -0.177. The van der Waals surface area contributed by atoms with Crippen molar-refractivity contribution in [2.24, 2.45) is 17.3 Å². The lowest BCUT2D eigenvalue weighted by atomic mass is 9.88. The Bertz CT molecular complexity index is 201. The maximum absolute atomic E-state index is 12.6. The molecule has 1 fully saturated rings. The molecule has 2 atom stereocenters. The normalized spacial score (nSPS) is 26.4. The van der Waals surface area contributed by atoms with Gasteiger partial charge in [0.05, 0.1) is 5.92 Å². The molecule has 0 heterocycles. The van der Waals surface area contributed by atoms with Crippen molar-refractivity contribution in [2.75, 3.05) is 0 Å². The first kappa shape index (κ1) is 12.9. The molecule has 0 N–H and O–H groups in total. The van der Waals surface area contributed by atoms with Crippen LogP contribution in [0.15, 0.2) is 0 Å². The van der Waals surface area contributed by atoms with E-state index in [0.29, 0.717) is 0 Å². The van der Waals surface area contributed by atoms with Gasteiger partial charge >= 0.3 is 6.18 Å². The number of rotatable bonds is 5. The molecule has 0 aromatic heterocycles. The van der Waals surface area contributed by atoms with Crippen LogP contribution in [-0.4, -0.2) is 6.18 Å². The van der Waals surface area contributed by atoms with Gasteiger partial charge in [0.25, 0.3) is 0 Å². The topological polar surface area (TPSA) is 0 Å². The van der Waals surface area contributed by atoms with E-state index in [1.54, 1.807) is 0 Å². The zero-order valence-electron chi connectivity index (χ0n) is 9.82. The summed E-state index contributed by atoms with van der Waals surface area (Å²) in [5.74, 6) is -1.23. The van der Waals surface area contributed by atoms with Gasteiger partial charge in [0.2, 0.25) is 0 Å². The minimum atomic E-state index is -4.01. The second kappa shape index (κ2) is 4.34. The summed E-state index contributed by atoms with van der Waals surface area (Å²) in [6.45, 7) is 5.47. The third kappa shape index (κ3) is 2.67. The molecule has 0 nitrogen and oxygen atoms in total. The Labute approximate surface area is 90.2 Å². The molecular weight excluding hydrogens is 201 g/mol. The summed E-state index contributed by atoms with van der Waals surface area (Å²) in [5.41, 5.74) is 0.0262. The molecule has 1 aliphatic carbocycles. The van der Waals surface area contributed by atoms with Crippen molar-refractivity contribution in [3.05, 3.63) is 0 Å². The van der Waals surface area contributed by atoms with Gasteiger partial charge in [0, 0.05) is 0 Å². The molecule has 0 saturated heterocycles. The summed E-state index contributed by atoms with van der Waals surface area (Å²) in [6.07, 6.45) is 0.712. The molecule has 0 aliphatic heterocycles. The first-order valence-electron chi connectivity index (χ1n) is 5.94. The highest BCUT2D eigenvalue weighted by Gasteiger charge is 2.60. The molecule has 2 unspecified atom stereocenters. The fourth-order valence-electron chi connectivity index (χ4n) is 3.01. The van der Waals surface area contributed by atoms with E-state index in [1.807, 2.05) is 0 Å². The molecule has 0 aromatic carbocycles. The van der Waals surface area contributed by atoms with Gasteiger partial charge in [0.15, 0.2) is 0 Å². The Balaban J connectivity index is 2.60. The molecule has 1 rings (SSSR count). The molecule has 1 saturated carbocycles. The van der Waals surface area contributed by atoms with Crippen molar-refractivity contribution in [3.63, 3.8) is 0 Å². The van der Waals surface area contributed by atoms with Gasteiger partial charge in [-0.3, -0.25) is 0 Å². The summed E-state index contributed by atoms with van der Waals surface area (Å²) < 4.78 is 37.7. The summed E-state index contributed by atoms with van der Waals surface area (Å²) in [5, 5.41) is 0. The molecular formula is C12H21F3. The maximum atomic E-state index is 12.6. The fourth-order valence-corrected chi connectivity index (χ4v) is 3.01. The van der Waals surface area contributed by atoms with Crippen LogP contribution in [0.25, 0.3) is 0 Å². The van der Waals surface area contributed by atoms with Gasteiger partial charge in [0.1, 0.15) is 0 Å². The summed E-state index contributed by atoms with van der Waals surface area (Å²) in [4.78, 5) is 0. The van der Waals surface area contributed by atoms with E-state index in [1.165, 1.54) is 6.92 Å². The molecule has 0 spiro atoms. The van der Waals surface area contributed by atoms with Crippen molar-refractivity contribution in [1.29, 1.82) is 0 Å². The lowest BCUT2D eigenvalue weighted by Gasteiger charge is -2.21. The average Bonchev–Trinajstić information content (AvgIpc) is 2.78. The van der Waals surface area contributed by atoms with Crippen molar-refractivity contribution in [2.45, 2.75) is 59.1 Å². The lowest BCUT2D eigenvalue weighted by Crippen LogP contribution is -2.24. The van der Waals surface area contributed by atoms with Crippen LogP contribution in [0.4, 0.5) is 13.2 Å². The Kier molecular flexibility index (Phi) is 3.72. The van der Waals surface area contributed by atoms with E-state index < -0.39 is 12.1 Å². The van der Waals surface area contributed by atoms with Gasteiger partial charge in [-0.2, -0.15) is 13.2 Å². The largest absolute Gasteiger partial charge is 0.391 e. The van der Waals surface area contributed by atoms with Crippen molar-refractivity contribution < 1.29 is 13.2 Å². The van der Waals surface area contributed by atoms with Gasteiger partial charge in [-0.25, -0.2) is 0 Å². The molecule has 90 valence electrons. The number of alkyl halides is 3. The molecule has 0 radical (unpaired) electrons. The van der Waals surface area contributed by atoms with Crippen LogP contribution in [0.3, 0.4) is 0 Å². The smallest absolute Gasteiger partial charge is 0.171 e. The highest BCUT2D eigenvalue weighted by atomic mass is 19.4. The summed E-state index contributed by atoms with van der Waals surface area (Å²) in [7, 11) is 0. The van der Waals surface area contributed by atoms with Gasteiger partial charge in [-0.05, 0) is 30.6 Å². The molecule has 3 heteroatoms. The Morgan fingerprint density at radius 3 is 2.00 bits per heavy atom. The van der Waals surface area contributed by atoms with Crippen LogP contribution >= 0.6 is 0 Å². The van der Waals surface area contributed by atoms with Crippen LogP contribution in [0.1, 0.15) is 52.9 Å². The molecule has 15 heavy (non-hydrogen) atoms. The Morgan fingerprint density at radius 1 is 1.20 bits per heavy atom. The van der Waals surface area contributed by atoms with Crippen LogP contribution in [0, 0.1) is 17.3 Å². The van der Waals surface area contributed by atoms with Crippen molar-refractivity contribution in [1.82, 2.24) is 0 Å². The monoisotopic (exact) mass is 222 g/mol. The third-order valence-corrected chi connectivity index (χ3v) is 3.87. The first-order valence-corrected chi connectivity index (χ1v) is 5.94. The van der Waals surface area contributed by atoms with Gasteiger partial charge in [-0.15, -0.1) is 0 Å². The minimum absolute atomic E-state index is 0.0262. The van der Waals surface area contributed by atoms with Crippen LogP contribution in [0.2, 0.25) is 0 Å². The Hall–Kier alpha value is -0.210. The Morgan fingerprint density at radius 2 is 1.67 bits per heavy atom. The second-order valence-corrected chi connectivity index (χ2v) is 5.00. The standard InChI is InChI=1S/C12H21F3/c1-4-6-11(7-5-2)8-10(11)9(3)12(13,14)15/h9-10H,4-8H2,1-3H3. The maximum Gasteiger partial charge on any atom is 0.391 e. The predicted octanol–water partition coefficient (Wildman–Crippen LogP) is 4.79. The molecule has 1 aliphatic rings. The zero-order valence-corrected chi connectivity index (χ0v) is 9.82. The van der Waals surface area contributed by atoms with Crippen molar-refractivity contribution >= 4 is 0 Å². The predicted molar refractivity (Wildman–Crippen MR) is 55.6 cm³/mol. The van der Waals surface area contributed by atoms with E-state index >= 15 is 0 Å². The highest BCUT2D eigenvalue weighted by Crippen LogP contribution is 2.64. The minimum Gasteiger partial charge on any atom is -0.171 e. The van der Waals surface area contributed by atoms with E-state index in [9.17, 15) is 13.2 Å². The highest BCUT2D eigenvalue weighted by molar-refractivity contribution is 5.04. The number of hydrogen-bond donors (Lipinski definition) is 0. The van der Waals surface area contributed by atoms with Crippen LogP contribution in [-0.2, 0) is 0 Å². The quantitative estimate of drug-likeness (QED) is 0.627.